The molecule has 0 saturated heterocycles. The van der Waals surface area contributed by atoms with Gasteiger partial charge in [0.1, 0.15) is 0 Å². The highest BCUT2D eigenvalue weighted by atomic mass is 35.5. The van der Waals surface area contributed by atoms with E-state index in [1.165, 1.54) is 24.0 Å². The molecule has 0 saturated carbocycles. The Bertz CT molecular complexity index is 423. The Morgan fingerprint density at radius 1 is 1.41 bits per heavy atom. The van der Waals surface area contributed by atoms with Crippen molar-refractivity contribution in [3.63, 3.8) is 0 Å². The summed E-state index contributed by atoms with van der Waals surface area (Å²) in [6, 6.07) is 6.97. The van der Waals surface area contributed by atoms with E-state index in [1.54, 1.807) is 0 Å². The summed E-state index contributed by atoms with van der Waals surface area (Å²) in [4.78, 5) is 0. The van der Waals surface area contributed by atoms with Crippen LogP contribution in [0.25, 0.3) is 5.57 Å². The van der Waals surface area contributed by atoms with Gasteiger partial charge in [0.25, 0.3) is 0 Å². The SMILES string of the molecule is CCCC1CC(c2ccc(Cl)c(C)c2)=CCN1. The lowest BCUT2D eigenvalue weighted by Gasteiger charge is -2.24. The highest BCUT2D eigenvalue weighted by Gasteiger charge is 2.15. The van der Waals surface area contributed by atoms with Gasteiger partial charge in [-0.15, -0.1) is 0 Å². The van der Waals surface area contributed by atoms with Crippen molar-refractivity contribution < 1.29 is 0 Å². The molecule has 0 spiro atoms. The second-order valence-corrected chi connectivity index (χ2v) is 5.20. The smallest absolute Gasteiger partial charge is 0.0435 e. The van der Waals surface area contributed by atoms with Gasteiger partial charge < -0.3 is 5.32 Å². The minimum Gasteiger partial charge on any atom is -0.310 e. The second kappa shape index (κ2) is 5.70. The first-order valence-electron chi connectivity index (χ1n) is 6.39. The molecule has 2 rings (SSSR count). The number of nitrogens with one attached hydrogen (secondary N) is 1. The third kappa shape index (κ3) is 3.11. The fourth-order valence-electron chi connectivity index (χ4n) is 2.40. The first kappa shape index (κ1) is 12.7. The molecule has 0 amide bonds. The van der Waals surface area contributed by atoms with Gasteiger partial charge in [-0.1, -0.05) is 43.2 Å². The Kier molecular flexibility index (Phi) is 4.25. The molecular formula is C15H20ClN. The van der Waals surface area contributed by atoms with Crippen molar-refractivity contribution in [2.75, 3.05) is 6.54 Å². The van der Waals surface area contributed by atoms with E-state index in [2.05, 4.69) is 37.4 Å². The third-order valence-electron chi connectivity index (χ3n) is 3.39. The molecule has 1 aromatic carbocycles. The molecule has 0 aliphatic carbocycles. The average Bonchev–Trinajstić information content (AvgIpc) is 2.33. The Morgan fingerprint density at radius 2 is 2.24 bits per heavy atom. The van der Waals surface area contributed by atoms with E-state index in [-0.39, 0.29) is 0 Å². The van der Waals surface area contributed by atoms with Crippen LogP contribution < -0.4 is 5.32 Å². The maximum absolute atomic E-state index is 6.07. The number of benzene rings is 1. The van der Waals surface area contributed by atoms with Crippen LogP contribution in [0.2, 0.25) is 5.02 Å². The lowest BCUT2D eigenvalue weighted by Crippen LogP contribution is -2.32. The lowest BCUT2D eigenvalue weighted by atomic mass is 9.92. The standard InChI is InChI=1S/C15H20ClN/c1-3-4-14-10-13(7-8-17-14)12-5-6-15(16)11(2)9-12/h5-7,9,14,17H,3-4,8,10H2,1-2H3. The van der Waals surface area contributed by atoms with Crippen LogP contribution in [0.3, 0.4) is 0 Å². The van der Waals surface area contributed by atoms with Gasteiger partial charge in [-0.3, -0.25) is 0 Å². The molecule has 1 atom stereocenters. The van der Waals surface area contributed by atoms with Crippen LogP contribution in [0.15, 0.2) is 24.3 Å². The fraction of sp³-hybridized carbons (Fsp3) is 0.467. The maximum atomic E-state index is 6.07. The van der Waals surface area contributed by atoms with Crippen LogP contribution in [-0.4, -0.2) is 12.6 Å². The Morgan fingerprint density at radius 3 is 2.94 bits per heavy atom. The minimum atomic E-state index is 0.635. The normalized spacial score (nSPS) is 20.2. The van der Waals surface area contributed by atoms with Crippen molar-refractivity contribution in [3.05, 3.63) is 40.4 Å². The van der Waals surface area contributed by atoms with Gasteiger partial charge in [-0.25, -0.2) is 0 Å². The zero-order valence-corrected chi connectivity index (χ0v) is 11.3. The molecule has 1 N–H and O–H groups in total. The number of hydrogen-bond donors (Lipinski definition) is 1. The molecule has 1 unspecified atom stereocenters. The van der Waals surface area contributed by atoms with E-state index < -0.39 is 0 Å². The topological polar surface area (TPSA) is 12.0 Å². The Hall–Kier alpha value is -0.790. The van der Waals surface area contributed by atoms with Gasteiger partial charge in [-0.05, 0) is 42.5 Å². The molecule has 2 heteroatoms. The summed E-state index contributed by atoms with van der Waals surface area (Å²) < 4.78 is 0. The van der Waals surface area contributed by atoms with Gasteiger partial charge in [0.2, 0.25) is 0 Å². The molecule has 0 aromatic heterocycles. The molecular weight excluding hydrogens is 230 g/mol. The summed E-state index contributed by atoms with van der Waals surface area (Å²) in [6.07, 6.45) is 5.93. The molecule has 92 valence electrons. The van der Waals surface area contributed by atoms with Gasteiger partial charge in [-0.2, -0.15) is 0 Å². The zero-order valence-electron chi connectivity index (χ0n) is 10.6. The highest BCUT2D eigenvalue weighted by Crippen LogP contribution is 2.27. The molecule has 0 bridgehead atoms. The summed E-state index contributed by atoms with van der Waals surface area (Å²) in [5.74, 6) is 0. The molecule has 0 fully saturated rings. The van der Waals surface area contributed by atoms with Gasteiger partial charge in [0.15, 0.2) is 0 Å². The van der Waals surface area contributed by atoms with E-state index in [4.69, 9.17) is 11.6 Å². The average molecular weight is 250 g/mol. The molecule has 1 aliphatic rings. The van der Waals surface area contributed by atoms with E-state index in [9.17, 15) is 0 Å². The molecule has 17 heavy (non-hydrogen) atoms. The largest absolute Gasteiger partial charge is 0.310 e. The van der Waals surface area contributed by atoms with Crippen LogP contribution in [0.1, 0.15) is 37.3 Å². The molecule has 1 aromatic rings. The van der Waals surface area contributed by atoms with E-state index >= 15 is 0 Å². The summed E-state index contributed by atoms with van der Waals surface area (Å²) in [5.41, 5.74) is 3.95. The predicted molar refractivity (Wildman–Crippen MR) is 75.5 cm³/mol. The van der Waals surface area contributed by atoms with E-state index in [0.29, 0.717) is 6.04 Å². The number of rotatable bonds is 3. The first-order valence-corrected chi connectivity index (χ1v) is 6.77. The van der Waals surface area contributed by atoms with Crippen molar-refractivity contribution in [2.45, 2.75) is 39.2 Å². The second-order valence-electron chi connectivity index (χ2n) is 4.79. The van der Waals surface area contributed by atoms with Crippen molar-refractivity contribution in [2.24, 2.45) is 0 Å². The van der Waals surface area contributed by atoms with Crippen molar-refractivity contribution >= 4 is 17.2 Å². The highest BCUT2D eigenvalue weighted by molar-refractivity contribution is 6.31. The zero-order chi connectivity index (χ0) is 12.3. The van der Waals surface area contributed by atoms with E-state index in [1.807, 2.05) is 6.07 Å². The monoisotopic (exact) mass is 249 g/mol. The Labute approximate surface area is 109 Å². The van der Waals surface area contributed by atoms with Crippen LogP contribution in [0, 0.1) is 6.92 Å². The van der Waals surface area contributed by atoms with Crippen molar-refractivity contribution in [1.29, 1.82) is 0 Å². The molecule has 1 aliphatic heterocycles. The number of halogens is 1. The number of hydrogen-bond acceptors (Lipinski definition) is 1. The summed E-state index contributed by atoms with van der Waals surface area (Å²) in [5, 5.41) is 4.40. The minimum absolute atomic E-state index is 0.635. The lowest BCUT2D eigenvalue weighted by molar-refractivity contribution is 0.495. The van der Waals surface area contributed by atoms with Gasteiger partial charge >= 0.3 is 0 Å². The fourth-order valence-corrected chi connectivity index (χ4v) is 2.52. The predicted octanol–water partition coefficient (Wildman–Crippen LogP) is 4.19. The van der Waals surface area contributed by atoms with Gasteiger partial charge in [0.05, 0.1) is 0 Å². The van der Waals surface area contributed by atoms with Crippen LogP contribution >= 0.6 is 11.6 Å². The molecule has 1 nitrogen and oxygen atoms in total. The third-order valence-corrected chi connectivity index (χ3v) is 3.81. The van der Waals surface area contributed by atoms with Crippen LogP contribution in [0.4, 0.5) is 0 Å². The number of aryl methyl sites for hydroxylation is 1. The van der Waals surface area contributed by atoms with Crippen LogP contribution in [-0.2, 0) is 0 Å². The van der Waals surface area contributed by atoms with Crippen molar-refractivity contribution in [3.8, 4) is 0 Å². The quantitative estimate of drug-likeness (QED) is 0.847. The summed E-state index contributed by atoms with van der Waals surface area (Å²) in [6.45, 7) is 5.30. The molecule has 0 radical (unpaired) electrons. The Balaban J connectivity index is 2.16. The summed E-state index contributed by atoms with van der Waals surface area (Å²) >= 11 is 6.07. The maximum Gasteiger partial charge on any atom is 0.0435 e. The van der Waals surface area contributed by atoms with Crippen molar-refractivity contribution in [1.82, 2.24) is 5.32 Å². The van der Waals surface area contributed by atoms with Gasteiger partial charge in [0, 0.05) is 17.6 Å². The first-order chi connectivity index (χ1) is 8.20. The molecule has 1 heterocycles. The van der Waals surface area contributed by atoms with Crippen LogP contribution in [0.5, 0.6) is 0 Å². The summed E-state index contributed by atoms with van der Waals surface area (Å²) in [7, 11) is 0. The van der Waals surface area contributed by atoms with E-state index in [0.717, 1.165) is 23.6 Å².